The predicted octanol–water partition coefficient (Wildman–Crippen LogP) is 2.98. The van der Waals surface area contributed by atoms with Crippen LogP contribution in [0.5, 0.6) is 0 Å². The standard InChI is InChI=1S/C16H14ClFN4O/c1-2-12(19)15-21-14-11(18)6-5-10(17)13(14)16(23)22(15)9-4-3-7-20-8-9/h3-8,12H,2,19H2,1H3. The van der Waals surface area contributed by atoms with Crippen molar-refractivity contribution in [3.63, 3.8) is 0 Å². The van der Waals surface area contributed by atoms with Crippen LogP contribution in [0.4, 0.5) is 4.39 Å². The van der Waals surface area contributed by atoms with Crippen molar-refractivity contribution in [2.45, 2.75) is 19.4 Å². The lowest BCUT2D eigenvalue weighted by Crippen LogP contribution is -2.28. The molecule has 23 heavy (non-hydrogen) atoms. The molecule has 1 unspecified atom stereocenters. The number of pyridine rings is 1. The van der Waals surface area contributed by atoms with Crippen LogP contribution in [-0.4, -0.2) is 14.5 Å². The van der Waals surface area contributed by atoms with Crippen LogP contribution in [0.2, 0.25) is 5.02 Å². The van der Waals surface area contributed by atoms with Crippen LogP contribution in [-0.2, 0) is 0 Å². The molecule has 3 aromatic rings. The number of halogens is 2. The van der Waals surface area contributed by atoms with E-state index in [1.165, 1.54) is 22.9 Å². The maximum atomic E-state index is 14.1. The monoisotopic (exact) mass is 332 g/mol. The zero-order valence-electron chi connectivity index (χ0n) is 12.3. The molecule has 0 aliphatic carbocycles. The molecule has 2 N–H and O–H groups in total. The van der Waals surface area contributed by atoms with Gasteiger partial charge >= 0.3 is 0 Å². The van der Waals surface area contributed by atoms with E-state index >= 15 is 0 Å². The van der Waals surface area contributed by atoms with E-state index in [1.807, 2.05) is 6.92 Å². The van der Waals surface area contributed by atoms with Crippen molar-refractivity contribution in [1.29, 1.82) is 0 Å². The molecule has 118 valence electrons. The first-order valence-corrected chi connectivity index (χ1v) is 7.49. The quantitative estimate of drug-likeness (QED) is 0.800. The molecule has 0 saturated carbocycles. The zero-order chi connectivity index (χ0) is 16.6. The lowest BCUT2D eigenvalue weighted by Gasteiger charge is -2.17. The molecular weight excluding hydrogens is 319 g/mol. The summed E-state index contributed by atoms with van der Waals surface area (Å²) in [6.45, 7) is 1.86. The first-order chi connectivity index (χ1) is 11.0. The molecule has 7 heteroatoms. The molecule has 2 aromatic heterocycles. The van der Waals surface area contributed by atoms with Crippen molar-refractivity contribution in [3.8, 4) is 5.69 Å². The number of nitrogens with zero attached hydrogens (tertiary/aromatic N) is 3. The number of fused-ring (bicyclic) bond motifs is 1. The van der Waals surface area contributed by atoms with Crippen molar-refractivity contribution in [2.24, 2.45) is 5.73 Å². The van der Waals surface area contributed by atoms with Gasteiger partial charge in [0.1, 0.15) is 17.2 Å². The van der Waals surface area contributed by atoms with E-state index in [1.54, 1.807) is 18.3 Å². The molecule has 0 saturated heterocycles. The minimum Gasteiger partial charge on any atom is -0.321 e. The Kier molecular flexibility index (Phi) is 4.11. The van der Waals surface area contributed by atoms with Crippen LogP contribution >= 0.6 is 11.6 Å². The predicted molar refractivity (Wildman–Crippen MR) is 87.3 cm³/mol. The lowest BCUT2D eigenvalue weighted by atomic mass is 10.1. The van der Waals surface area contributed by atoms with Crippen molar-refractivity contribution < 1.29 is 4.39 Å². The van der Waals surface area contributed by atoms with E-state index < -0.39 is 17.4 Å². The number of benzene rings is 1. The van der Waals surface area contributed by atoms with Gasteiger partial charge in [0.25, 0.3) is 5.56 Å². The Morgan fingerprint density at radius 1 is 1.39 bits per heavy atom. The van der Waals surface area contributed by atoms with Crippen molar-refractivity contribution >= 4 is 22.5 Å². The number of hydrogen-bond acceptors (Lipinski definition) is 4. The van der Waals surface area contributed by atoms with Gasteiger partial charge in [-0.1, -0.05) is 18.5 Å². The Morgan fingerprint density at radius 2 is 2.17 bits per heavy atom. The highest BCUT2D eigenvalue weighted by molar-refractivity contribution is 6.35. The van der Waals surface area contributed by atoms with Gasteiger partial charge in [-0.2, -0.15) is 0 Å². The van der Waals surface area contributed by atoms with Gasteiger partial charge in [-0.15, -0.1) is 0 Å². The van der Waals surface area contributed by atoms with Crippen LogP contribution in [0.15, 0.2) is 41.5 Å². The topological polar surface area (TPSA) is 73.8 Å². The first-order valence-electron chi connectivity index (χ1n) is 7.11. The summed E-state index contributed by atoms with van der Waals surface area (Å²) in [5, 5.41) is 0.177. The normalized spacial score (nSPS) is 12.5. The molecular formula is C16H14ClFN4O. The lowest BCUT2D eigenvalue weighted by molar-refractivity contribution is 0.609. The smallest absolute Gasteiger partial charge is 0.267 e. The Labute approximate surface area is 136 Å². The second kappa shape index (κ2) is 6.06. The maximum Gasteiger partial charge on any atom is 0.267 e. The number of nitrogens with two attached hydrogens (primary N) is 1. The third-order valence-corrected chi connectivity index (χ3v) is 3.94. The van der Waals surface area contributed by atoms with Crippen LogP contribution in [0, 0.1) is 5.82 Å². The van der Waals surface area contributed by atoms with E-state index in [4.69, 9.17) is 17.3 Å². The minimum atomic E-state index is -0.607. The molecule has 2 heterocycles. The molecule has 0 amide bonds. The molecule has 0 aliphatic heterocycles. The van der Waals surface area contributed by atoms with Crippen molar-refractivity contribution in [1.82, 2.24) is 14.5 Å². The van der Waals surface area contributed by atoms with E-state index in [-0.39, 0.29) is 21.7 Å². The van der Waals surface area contributed by atoms with Gasteiger partial charge in [0.2, 0.25) is 0 Å². The molecule has 0 bridgehead atoms. The second-order valence-electron chi connectivity index (χ2n) is 5.09. The van der Waals surface area contributed by atoms with E-state index in [0.29, 0.717) is 12.1 Å². The van der Waals surface area contributed by atoms with Gasteiger partial charge in [0.15, 0.2) is 0 Å². The summed E-state index contributed by atoms with van der Waals surface area (Å²) in [5.74, 6) is -0.330. The van der Waals surface area contributed by atoms with Crippen molar-refractivity contribution in [2.75, 3.05) is 0 Å². The highest BCUT2D eigenvalue weighted by Crippen LogP contribution is 2.24. The molecule has 3 rings (SSSR count). The third kappa shape index (κ3) is 2.60. The minimum absolute atomic E-state index is 0.0302. The van der Waals surface area contributed by atoms with Crippen LogP contribution in [0.3, 0.4) is 0 Å². The second-order valence-corrected chi connectivity index (χ2v) is 5.50. The molecule has 1 aromatic carbocycles. The number of rotatable bonds is 3. The molecule has 1 atom stereocenters. The Balaban J connectivity index is 2.48. The highest BCUT2D eigenvalue weighted by atomic mass is 35.5. The zero-order valence-corrected chi connectivity index (χ0v) is 13.1. The summed E-state index contributed by atoms with van der Waals surface area (Å²) in [7, 11) is 0. The Morgan fingerprint density at radius 3 is 2.83 bits per heavy atom. The fourth-order valence-electron chi connectivity index (χ4n) is 2.40. The van der Waals surface area contributed by atoms with Crippen LogP contribution < -0.4 is 11.3 Å². The third-order valence-electron chi connectivity index (χ3n) is 3.63. The van der Waals surface area contributed by atoms with Gasteiger partial charge in [0, 0.05) is 6.20 Å². The van der Waals surface area contributed by atoms with Gasteiger partial charge in [-0.05, 0) is 30.7 Å². The van der Waals surface area contributed by atoms with E-state index in [9.17, 15) is 9.18 Å². The number of hydrogen-bond donors (Lipinski definition) is 1. The molecule has 0 fully saturated rings. The van der Waals surface area contributed by atoms with Gasteiger partial charge in [0.05, 0.1) is 28.3 Å². The Hall–Kier alpha value is -2.31. The average Bonchev–Trinajstić information content (AvgIpc) is 2.57. The largest absolute Gasteiger partial charge is 0.321 e. The summed E-state index contributed by atoms with van der Waals surface area (Å²) in [6.07, 6.45) is 3.66. The summed E-state index contributed by atoms with van der Waals surface area (Å²) in [5.41, 5.74) is 6.05. The van der Waals surface area contributed by atoms with E-state index in [0.717, 1.165) is 0 Å². The van der Waals surface area contributed by atoms with Crippen LogP contribution in [0.25, 0.3) is 16.6 Å². The molecule has 0 aliphatic rings. The summed E-state index contributed by atoms with van der Waals surface area (Å²) in [4.78, 5) is 21.2. The highest BCUT2D eigenvalue weighted by Gasteiger charge is 2.20. The van der Waals surface area contributed by atoms with Gasteiger partial charge in [-0.3, -0.25) is 14.3 Å². The fourth-order valence-corrected chi connectivity index (χ4v) is 2.63. The average molecular weight is 333 g/mol. The van der Waals surface area contributed by atoms with Crippen LogP contribution in [0.1, 0.15) is 25.2 Å². The Bertz CT molecular complexity index is 927. The SMILES string of the molecule is CCC(N)c1nc2c(F)ccc(Cl)c2c(=O)n1-c1cccnc1. The summed E-state index contributed by atoms with van der Waals surface area (Å²) >= 11 is 6.09. The van der Waals surface area contributed by atoms with E-state index in [2.05, 4.69) is 9.97 Å². The molecule has 5 nitrogen and oxygen atoms in total. The van der Waals surface area contributed by atoms with Gasteiger partial charge < -0.3 is 5.73 Å². The first kappa shape index (κ1) is 15.6. The summed E-state index contributed by atoms with van der Waals surface area (Å²) < 4.78 is 15.4. The van der Waals surface area contributed by atoms with Gasteiger partial charge in [-0.25, -0.2) is 9.37 Å². The summed E-state index contributed by atoms with van der Waals surface area (Å²) in [6, 6.07) is 5.41. The molecule has 0 radical (unpaired) electrons. The number of aromatic nitrogens is 3. The molecule has 0 spiro atoms. The fraction of sp³-hybridized carbons (Fsp3) is 0.188. The van der Waals surface area contributed by atoms with Crippen molar-refractivity contribution in [3.05, 3.63) is 63.7 Å². The maximum absolute atomic E-state index is 14.1.